The van der Waals surface area contributed by atoms with Gasteiger partial charge in [-0.3, -0.25) is 5.10 Å². The van der Waals surface area contributed by atoms with Crippen LogP contribution in [0.3, 0.4) is 0 Å². The quantitative estimate of drug-likeness (QED) is 0.476. The van der Waals surface area contributed by atoms with Crippen molar-refractivity contribution in [2.24, 2.45) is 0 Å². The van der Waals surface area contributed by atoms with Gasteiger partial charge in [0, 0.05) is 38.6 Å². The van der Waals surface area contributed by atoms with Gasteiger partial charge in [0.15, 0.2) is 0 Å². The van der Waals surface area contributed by atoms with Crippen molar-refractivity contribution in [3.05, 3.63) is 18.5 Å². The molecule has 0 aromatic carbocycles. The standard InChI is InChI=1S/C4H10N2.C3H4N2/c1-2-6-4-3-5-1;1-2-4-5-3-1/h5-6H,1-4H2;1-3H,(H,4,5). The molecule has 0 bridgehead atoms. The molecule has 1 fully saturated rings. The van der Waals surface area contributed by atoms with Crippen LogP contribution in [0.1, 0.15) is 0 Å². The highest BCUT2D eigenvalue weighted by Gasteiger charge is 1.91. The van der Waals surface area contributed by atoms with Crippen molar-refractivity contribution in [3.8, 4) is 0 Å². The summed E-state index contributed by atoms with van der Waals surface area (Å²) >= 11 is 0. The van der Waals surface area contributed by atoms with Gasteiger partial charge in [-0.1, -0.05) is 0 Å². The third kappa shape index (κ3) is 4.52. The Kier molecular flexibility index (Phi) is 4.40. The zero-order valence-corrected chi connectivity index (χ0v) is 6.51. The monoisotopic (exact) mass is 154 g/mol. The Hall–Kier alpha value is -0.870. The van der Waals surface area contributed by atoms with Crippen molar-refractivity contribution >= 4 is 0 Å². The molecular formula is C7H14N4. The Morgan fingerprint density at radius 3 is 1.82 bits per heavy atom. The number of piperazine rings is 1. The summed E-state index contributed by atoms with van der Waals surface area (Å²) in [5.41, 5.74) is 0. The number of H-pyrrole nitrogens is 1. The average Bonchev–Trinajstić information content (AvgIpc) is 2.64. The number of rotatable bonds is 0. The summed E-state index contributed by atoms with van der Waals surface area (Å²) in [6.07, 6.45) is 3.46. The minimum Gasteiger partial charge on any atom is -0.314 e. The molecule has 0 radical (unpaired) electrons. The molecule has 1 aromatic heterocycles. The molecule has 0 amide bonds. The Morgan fingerprint density at radius 2 is 1.64 bits per heavy atom. The fourth-order valence-corrected chi connectivity index (χ4v) is 0.819. The van der Waals surface area contributed by atoms with Crippen LogP contribution >= 0.6 is 0 Å². The van der Waals surface area contributed by atoms with E-state index in [2.05, 4.69) is 20.8 Å². The van der Waals surface area contributed by atoms with Gasteiger partial charge in [-0.05, 0) is 6.07 Å². The molecule has 1 aliphatic rings. The van der Waals surface area contributed by atoms with E-state index >= 15 is 0 Å². The lowest BCUT2D eigenvalue weighted by atomic mass is 10.4. The Balaban J connectivity index is 0.000000112. The maximum atomic E-state index is 3.60. The zero-order valence-electron chi connectivity index (χ0n) is 6.51. The molecule has 0 unspecified atom stereocenters. The first-order chi connectivity index (χ1) is 5.50. The number of aromatic amines is 1. The summed E-state index contributed by atoms with van der Waals surface area (Å²) < 4.78 is 0. The summed E-state index contributed by atoms with van der Waals surface area (Å²) in [6.45, 7) is 4.56. The summed E-state index contributed by atoms with van der Waals surface area (Å²) in [5, 5.41) is 12.7. The molecular weight excluding hydrogens is 140 g/mol. The van der Waals surface area contributed by atoms with Gasteiger partial charge in [-0.2, -0.15) is 5.10 Å². The third-order valence-corrected chi connectivity index (χ3v) is 1.36. The predicted octanol–water partition coefficient (Wildman–Crippen LogP) is -0.411. The molecule has 0 saturated carbocycles. The van der Waals surface area contributed by atoms with Gasteiger partial charge in [-0.15, -0.1) is 0 Å². The molecule has 2 heterocycles. The van der Waals surface area contributed by atoms with E-state index in [4.69, 9.17) is 0 Å². The predicted molar refractivity (Wildman–Crippen MR) is 44.3 cm³/mol. The zero-order chi connectivity index (χ0) is 7.78. The first-order valence-corrected chi connectivity index (χ1v) is 3.85. The summed E-state index contributed by atoms with van der Waals surface area (Å²) in [5.74, 6) is 0. The lowest BCUT2D eigenvalue weighted by Gasteiger charge is -2.11. The Labute approximate surface area is 66.4 Å². The molecule has 4 heteroatoms. The van der Waals surface area contributed by atoms with Gasteiger partial charge in [0.1, 0.15) is 0 Å². The molecule has 1 aromatic rings. The SMILES string of the molecule is C1CNCCN1.c1cn[nH]c1. The first-order valence-electron chi connectivity index (χ1n) is 3.85. The molecule has 0 spiro atoms. The van der Waals surface area contributed by atoms with Crippen LogP contribution in [0.15, 0.2) is 18.5 Å². The summed E-state index contributed by atoms with van der Waals surface area (Å²) in [4.78, 5) is 0. The van der Waals surface area contributed by atoms with Crippen molar-refractivity contribution < 1.29 is 0 Å². The van der Waals surface area contributed by atoms with E-state index in [1.807, 2.05) is 6.07 Å². The van der Waals surface area contributed by atoms with E-state index in [9.17, 15) is 0 Å². The van der Waals surface area contributed by atoms with Crippen LogP contribution in [-0.2, 0) is 0 Å². The Bertz CT molecular complexity index is 117. The van der Waals surface area contributed by atoms with E-state index in [1.165, 1.54) is 0 Å². The van der Waals surface area contributed by atoms with Gasteiger partial charge < -0.3 is 10.6 Å². The number of hydrogen-bond donors (Lipinski definition) is 3. The van der Waals surface area contributed by atoms with Gasteiger partial charge >= 0.3 is 0 Å². The van der Waals surface area contributed by atoms with Crippen molar-refractivity contribution in [1.29, 1.82) is 0 Å². The maximum Gasteiger partial charge on any atom is 0.0487 e. The highest BCUT2D eigenvalue weighted by atomic mass is 15.1. The van der Waals surface area contributed by atoms with Gasteiger partial charge in [0.2, 0.25) is 0 Å². The average molecular weight is 154 g/mol. The molecule has 1 aliphatic heterocycles. The molecule has 2 rings (SSSR count). The van der Waals surface area contributed by atoms with Crippen molar-refractivity contribution in [2.75, 3.05) is 26.2 Å². The number of aromatic nitrogens is 2. The normalized spacial score (nSPS) is 16.7. The smallest absolute Gasteiger partial charge is 0.0487 e. The van der Waals surface area contributed by atoms with Crippen LogP contribution in [0, 0.1) is 0 Å². The van der Waals surface area contributed by atoms with Gasteiger partial charge in [0.05, 0.1) is 0 Å². The fraction of sp³-hybridized carbons (Fsp3) is 0.571. The molecule has 62 valence electrons. The lowest BCUT2D eigenvalue weighted by Crippen LogP contribution is -2.39. The van der Waals surface area contributed by atoms with Crippen LogP contribution in [0.4, 0.5) is 0 Å². The number of hydrogen-bond acceptors (Lipinski definition) is 3. The molecule has 1 saturated heterocycles. The van der Waals surface area contributed by atoms with E-state index < -0.39 is 0 Å². The highest BCUT2D eigenvalue weighted by molar-refractivity contribution is 4.72. The van der Waals surface area contributed by atoms with E-state index in [0.29, 0.717) is 0 Å². The second-order valence-electron chi connectivity index (χ2n) is 2.27. The molecule has 0 atom stereocenters. The van der Waals surface area contributed by atoms with Crippen LogP contribution in [0.5, 0.6) is 0 Å². The van der Waals surface area contributed by atoms with Gasteiger partial charge in [0.25, 0.3) is 0 Å². The lowest BCUT2D eigenvalue weighted by molar-refractivity contribution is 0.534. The Morgan fingerprint density at radius 1 is 1.00 bits per heavy atom. The van der Waals surface area contributed by atoms with Crippen molar-refractivity contribution in [1.82, 2.24) is 20.8 Å². The topological polar surface area (TPSA) is 52.7 Å². The van der Waals surface area contributed by atoms with Crippen molar-refractivity contribution in [2.45, 2.75) is 0 Å². The van der Waals surface area contributed by atoms with Crippen LogP contribution in [0.25, 0.3) is 0 Å². The molecule has 3 N–H and O–H groups in total. The third-order valence-electron chi connectivity index (χ3n) is 1.36. The second-order valence-corrected chi connectivity index (χ2v) is 2.27. The van der Waals surface area contributed by atoms with Crippen LogP contribution < -0.4 is 10.6 Å². The molecule has 0 aliphatic carbocycles. The number of nitrogens with one attached hydrogen (secondary N) is 3. The van der Waals surface area contributed by atoms with Crippen LogP contribution in [-0.4, -0.2) is 36.4 Å². The van der Waals surface area contributed by atoms with E-state index in [-0.39, 0.29) is 0 Å². The minimum absolute atomic E-state index is 1.14. The van der Waals surface area contributed by atoms with Crippen molar-refractivity contribution in [3.63, 3.8) is 0 Å². The van der Waals surface area contributed by atoms with E-state index in [1.54, 1.807) is 12.4 Å². The highest BCUT2D eigenvalue weighted by Crippen LogP contribution is 1.65. The summed E-state index contributed by atoms with van der Waals surface area (Å²) in [7, 11) is 0. The molecule has 11 heavy (non-hydrogen) atoms. The minimum atomic E-state index is 1.14. The summed E-state index contributed by atoms with van der Waals surface area (Å²) in [6, 6.07) is 1.83. The second kappa shape index (κ2) is 5.88. The largest absolute Gasteiger partial charge is 0.314 e. The first kappa shape index (κ1) is 8.23. The number of nitrogens with zero attached hydrogens (tertiary/aromatic N) is 1. The fourth-order valence-electron chi connectivity index (χ4n) is 0.819. The van der Waals surface area contributed by atoms with E-state index in [0.717, 1.165) is 26.2 Å². The maximum absolute atomic E-state index is 3.60. The van der Waals surface area contributed by atoms with Crippen LogP contribution in [0.2, 0.25) is 0 Å². The molecule has 4 nitrogen and oxygen atoms in total. The van der Waals surface area contributed by atoms with Gasteiger partial charge in [-0.25, -0.2) is 0 Å².